The summed E-state index contributed by atoms with van der Waals surface area (Å²) in [4.78, 5) is 0. The molecule has 0 N–H and O–H groups in total. The van der Waals surface area contributed by atoms with Crippen LogP contribution >= 0.6 is 22.6 Å². The van der Waals surface area contributed by atoms with Gasteiger partial charge in [-0.05, 0) is 66.5 Å². The maximum Gasteiger partial charge on any atom is 0.426 e. The molecule has 4 rings (SSSR count). The van der Waals surface area contributed by atoms with Crippen LogP contribution in [0.4, 0.5) is 17.6 Å². The smallest absolute Gasteiger partial charge is 0.426 e. The maximum atomic E-state index is 14.7. The van der Waals surface area contributed by atoms with Crippen LogP contribution in [0.3, 0.4) is 0 Å². The normalized spacial score (nSPS) is 28.2. The third-order valence-corrected chi connectivity index (χ3v) is 7.87. The van der Waals surface area contributed by atoms with Crippen LogP contribution in [0.2, 0.25) is 0 Å². The van der Waals surface area contributed by atoms with Crippen LogP contribution in [-0.2, 0) is 10.8 Å². The SMILES string of the molecule is CC1CCC(c2ccc(-c3ccc(C(F)(F)OC4=CC(F)C(C)(I)C(F)=C4)cc3)cc2)CC1. The second-order valence-electron chi connectivity index (χ2n) is 9.31. The number of ether oxygens (including phenoxy) is 1. The Labute approximate surface area is 206 Å². The van der Waals surface area contributed by atoms with Crippen molar-refractivity contribution in [1.82, 2.24) is 0 Å². The van der Waals surface area contributed by atoms with Gasteiger partial charge in [0.1, 0.15) is 21.2 Å². The Balaban J connectivity index is 1.45. The van der Waals surface area contributed by atoms with Crippen LogP contribution < -0.4 is 0 Å². The van der Waals surface area contributed by atoms with Gasteiger partial charge in [-0.3, -0.25) is 0 Å². The molecule has 6 heteroatoms. The van der Waals surface area contributed by atoms with E-state index in [-0.39, 0.29) is 5.56 Å². The lowest BCUT2D eigenvalue weighted by Gasteiger charge is -2.28. The quantitative estimate of drug-likeness (QED) is 0.198. The molecule has 2 aromatic carbocycles. The van der Waals surface area contributed by atoms with Gasteiger partial charge in [0.25, 0.3) is 0 Å². The number of halogens is 5. The summed E-state index contributed by atoms with van der Waals surface area (Å²) in [5.41, 5.74) is 2.70. The van der Waals surface area contributed by atoms with E-state index in [0.717, 1.165) is 29.2 Å². The average Bonchev–Trinajstić information content (AvgIpc) is 2.78. The fourth-order valence-electron chi connectivity index (χ4n) is 4.41. The van der Waals surface area contributed by atoms with Crippen molar-refractivity contribution in [3.8, 4) is 11.1 Å². The van der Waals surface area contributed by atoms with Crippen LogP contribution in [0.5, 0.6) is 0 Å². The first-order valence-corrected chi connectivity index (χ1v) is 12.3. The summed E-state index contributed by atoms with van der Waals surface area (Å²) in [6.07, 6.45) is 1.14. The second kappa shape index (κ2) is 9.43. The molecular formula is C27H27F4IO. The summed E-state index contributed by atoms with van der Waals surface area (Å²) in [7, 11) is 0. The number of allylic oxidation sites excluding steroid dienone is 3. The van der Waals surface area contributed by atoms with E-state index in [1.807, 2.05) is 12.1 Å². The molecule has 33 heavy (non-hydrogen) atoms. The Bertz CT molecular complexity index is 1030. The summed E-state index contributed by atoms with van der Waals surface area (Å²) in [5, 5.41) is 0. The van der Waals surface area contributed by atoms with Gasteiger partial charge in [-0.25, -0.2) is 8.78 Å². The first kappa shape index (κ1) is 24.3. The van der Waals surface area contributed by atoms with Crippen LogP contribution in [0.1, 0.15) is 56.6 Å². The van der Waals surface area contributed by atoms with E-state index >= 15 is 0 Å². The lowest BCUT2D eigenvalue weighted by Crippen LogP contribution is -2.32. The van der Waals surface area contributed by atoms with Gasteiger partial charge < -0.3 is 4.74 Å². The Morgan fingerprint density at radius 3 is 2.03 bits per heavy atom. The van der Waals surface area contributed by atoms with E-state index in [1.54, 1.807) is 34.7 Å². The number of hydrogen-bond donors (Lipinski definition) is 0. The van der Waals surface area contributed by atoms with Gasteiger partial charge in [0.15, 0.2) is 0 Å². The summed E-state index contributed by atoms with van der Waals surface area (Å²) in [5.74, 6) is 0.0345. The molecule has 0 amide bonds. The molecule has 0 radical (unpaired) electrons. The predicted octanol–water partition coefficient (Wildman–Crippen LogP) is 9.00. The first-order chi connectivity index (χ1) is 15.6. The van der Waals surface area contributed by atoms with Gasteiger partial charge in [-0.15, -0.1) is 0 Å². The largest absolute Gasteiger partial charge is 0.429 e. The number of hydrogen-bond acceptors (Lipinski definition) is 1. The lowest BCUT2D eigenvalue weighted by molar-refractivity contribution is -0.221. The van der Waals surface area contributed by atoms with Crippen molar-refractivity contribution in [2.45, 2.75) is 61.2 Å². The van der Waals surface area contributed by atoms with Crippen molar-refractivity contribution in [2.75, 3.05) is 0 Å². The summed E-state index contributed by atoms with van der Waals surface area (Å²) >= 11 is 1.62. The van der Waals surface area contributed by atoms with Crippen LogP contribution in [0.25, 0.3) is 11.1 Å². The van der Waals surface area contributed by atoms with E-state index in [2.05, 4.69) is 19.1 Å². The Hall–Kier alpha value is -1.83. The molecule has 0 bridgehead atoms. The van der Waals surface area contributed by atoms with Crippen molar-refractivity contribution in [3.63, 3.8) is 0 Å². The third kappa shape index (κ3) is 5.31. The summed E-state index contributed by atoms with van der Waals surface area (Å²) in [6.45, 7) is 3.66. The van der Waals surface area contributed by atoms with Crippen LogP contribution in [0, 0.1) is 5.92 Å². The molecule has 0 spiro atoms. The Morgan fingerprint density at radius 2 is 1.48 bits per heavy atom. The second-order valence-corrected chi connectivity index (χ2v) is 11.6. The van der Waals surface area contributed by atoms with Crippen molar-refractivity contribution < 1.29 is 22.3 Å². The van der Waals surface area contributed by atoms with Crippen molar-refractivity contribution in [3.05, 3.63) is 83.4 Å². The van der Waals surface area contributed by atoms with Gasteiger partial charge in [0.2, 0.25) is 0 Å². The molecule has 0 aliphatic heterocycles. The van der Waals surface area contributed by atoms with Gasteiger partial charge >= 0.3 is 6.11 Å². The number of alkyl halides is 4. The van der Waals surface area contributed by atoms with Gasteiger partial charge in [-0.1, -0.05) is 78.8 Å². The molecule has 0 heterocycles. The minimum Gasteiger partial charge on any atom is -0.429 e. The Kier molecular flexibility index (Phi) is 6.95. The number of benzene rings is 2. The molecule has 2 aliphatic rings. The van der Waals surface area contributed by atoms with Crippen molar-refractivity contribution >= 4 is 22.6 Å². The van der Waals surface area contributed by atoms with Gasteiger partial charge in [-0.2, -0.15) is 8.78 Å². The van der Waals surface area contributed by atoms with E-state index < -0.39 is 27.3 Å². The molecule has 1 fully saturated rings. The van der Waals surface area contributed by atoms with Gasteiger partial charge in [0, 0.05) is 6.08 Å². The monoisotopic (exact) mass is 570 g/mol. The molecule has 176 valence electrons. The zero-order chi connectivity index (χ0) is 23.8. The third-order valence-electron chi connectivity index (χ3n) is 6.76. The van der Waals surface area contributed by atoms with Crippen molar-refractivity contribution in [1.29, 1.82) is 0 Å². The zero-order valence-corrected chi connectivity index (χ0v) is 20.8. The highest BCUT2D eigenvalue weighted by Gasteiger charge is 2.41. The Morgan fingerprint density at radius 1 is 0.939 bits per heavy atom. The van der Waals surface area contributed by atoms with Gasteiger partial charge in [0.05, 0.1) is 5.56 Å². The van der Waals surface area contributed by atoms with E-state index in [0.29, 0.717) is 5.92 Å². The summed E-state index contributed by atoms with van der Waals surface area (Å²) < 4.78 is 60.9. The standard InChI is InChI=1S/C27H27F4IO/c1-17-3-5-18(6-4-17)19-7-9-20(10-8-19)21-11-13-22(14-12-21)27(30,31)33-23-15-24(28)26(2,32)25(29)16-23/h7-18,24H,3-6H2,1-2H3. The van der Waals surface area contributed by atoms with Crippen LogP contribution in [0.15, 0.2) is 72.3 Å². The van der Waals surface area contributed by atoms with Crippen molar-refractivity contribution in [2.24, 2.45) is 5.92 Å². The fourth-order valence-corrected chi connectivity index (χ4v) is 4.75. The highest BCUT2D eigenvalue weighted by molar-refractivity contribution is 14.1. The molecule has 2 atom stereocenters. The number of rotatable bonds is 5. The van der Waals surface area contributed by atoms with E-state index in [4.69, 9.17) is 4.74 Å². The predicted molar refractivity (Wildman–Crippen MR) is 132 cm³/mol. The highest BCUT2D eigenvalue weighted by atomic mass is 127. The minimum absolute atomic E-state index is 0.382. The molecule has 1 nitrogen and oxygen atoms in total. The van der Waals surface area contributed by atoms with Crippen LogP contribution in [-0.4, -0.2) is 9.59 Å². The summed E-state index contributed by atoms with van der Waals surface area (Å²) in [6, 6.07) is 14.1. The van der Waals surface area contributed by atoms with E-state index in [9.17, 15) is 17.6 Å². The fraction of sp³-hybridized carbons (Fsp3) is 0.407. The molecule has 0 aromatic heterocycles. The minimum atomic E-state index is -3.72. The molecular weight excluding hydrogens is 543 g/mol. The zero-order valence-electron chi connectivity index (χ0n) is 18.6. The lowest BCUT2D eigenvalue weighted by atomic mass is 9.79. The molecule has 1 saturated carbocycles. The molecule has 2 aliphatic carbocycles. The van der Waals surface area contributed by atoms with E-state index in [1.165, 1.54) is 50.3 Å². The molecule has 0 saturated heterocycles. The average molecular weight is 570 g/mol. The molecule has 2 aromatic rings. The first-order valence-electron chi connectivity index (χ1n) is 11.3. The topological polar surface area (TPSA) is 9.23 Å². The highest BCUT2D eigenvalue weighted by Crippen LogP contribution is 2.42. The maximum absolute atomic E-state index is 14.7. The molecule has 2 unspecified atom stereocenters.